The number of hydrogen-bond acceptors (Lipinski definition) is 5. The fourth-order valence-corrected chi connectivity index (χ4v) is 3.56. The predicted octanol–water partition coefficient (Wildman–Crippen LogP) is 3.60. The summed E-state index contributed by atoms with van der Waals surface area (Å²) < 4.78 is 11.5. The fourth-order valence-electron chi connectivity index (χ4n) is 3.56. The Bertz CT molecular complexity index is 446. The Morgan fingerprint density at radius 1 is 1.14 bits per heavy atom. The lowest BCUT2D eigenvalue weighted by Crippen LogP contribution is -2.34. The van der Waals surface area contributed by atoms with Crippen LogP contribution in [0.4, 0.5) is 0 Å². The molecule has 1 aromatic heterocycles. The van der Waals surface area contributed by atoms with Gasteiger partial charge in [0.15, 0.2) is 5.82 Å². The molecule has 2 N–H and O–H groups in total. The van der Waals surface area contributed by atoms with Crippen molar-refractivity contribution in [2.75, 3.05) is 0 Å². The van der Waals surface area contributed by atoms with Gasteiger partial charge < -0.3 is 15.0 Å². The van der Waals surface area contributed by atoms with E-state index >= 15 is 0 Å². The Morgan fingerprint density at radius 2 is 1.81 bits per heavy atom. The van der Waals surface area contributed by atoms with Gasteiger partial charge in [0.25, 0.3) is 5.89 Å². The Kier molecular flexibility index (Phi) is 4.60. The Balaban J connectivity index is 1.62. The van der Waals surface area contributed by atoms with Gasteiger partial charge in [0.2, 0.25) is 0 Å². The predicted molar refractivity (Wildman–Crippen MR) is 79.6 cm³/mol. The number of hydrogen-bond donors (Lipinski definition) is 1. The van der Waals surface area contributed by atoms with E-state index in [1.54, 1.807) is 0 Å². The molecule has 0 bridgehead atoms. The van der Waals surface area contributed by atoms with Crippen molar-refractivity contribution < 1.29 is 9.26 Å². The van der Waals surface area contributed by atoms with E-state index in [0.717, 1.165) is 38.5 Å². The van der Waals surface area contributed by atoms with Gasteiger partial charge in [-0.3, -0.25) is 0 Å². The van der Waals surface area contributed by atoms with E-state index in [2.05, 4.69) is 10.1 Å². The van der Waals surface area contributed by atoms with Crippen molar-refractivity contribution in [3.05, 3.63) is 11.7 Å². The van der Waals surface area contributed by atoms with E-state index < -0.39 is 0 Å². The molecule has 118 valence electrons. The zero-order valence-corrected chi connectivity index (χ0v) is 13.0. The summed E-state index contributed by atoms with van der Waals surface area (Å²) in [6.45, 7) is 2.00. The van der Waals surface area contributed by atoms with Crippen LogP contribution in [0.1, 0.15) is 89.0 Å². The third kappa shape index (κ3) is 3.46. The molecule has 0 spiro atoms. The van der Waals surface area contributed by atoms with Crippen molar-refractivity contribution in [2.45, 2.75) is 88.9 Å². The maximum atomic E-state index is 6.37. The van der Waals surface area contributed by atoms with Crippen molar-refractivity contribution in [1.29, 1.82) is 0 Å². The molecule has 0 radical (unpaired) electrons. The van der Waals surface area contributed by atoms with Crippen LogP contribution in [0.3, 0.4) is 0 Å². The van der Waals surface area contributed by atoms with Crippen LogP contribution in [0.15, 0.2) is 4.52 Å². The quantitative estimate of drug-likeness (QED) is 0.858. The highest BCUT2D eigenvalue weighted by atomic mass is 16.5. The molecule has 0 aromatic carbocycles. The van der Waals surface area contributed by atoms with Crippen LogP contribution in [-0.2, 0) is 10.3 Å². The Morgan fingerprint density at radius 3 is 2.48 bits per heavy atom. The van der Waals surface area contributed by atoms with Gasteiger partial charge in [-0.25, -0.2) is 0 Å². The van der Waals surface area contributed by atoms with E-state index in [9.17, 15) is 0 Å². The maximum absolute atomic E-state index is 6.37. The van der Waals surface area contributed by atoms with Gasteiger partial charge in [0, 0.05) is 0 Å². The molecule has 1 unspecified atom stereocenters. The van der Waals surface area contributed by atoms with E-state index in [1.807, 2.05) is 6.92 Å². The van der Waals surface area contributed by atoms with E-state index in [0.29, 0.717) is 17.8 Å². The third-order valence-corrected chi connectivity index (χ3v) is 4.93. The molecule has 0 amide bonds. The molecule has 3 rings (SSSR count). The lowest BCUT2D eigenvalue weighted by molar-refractivity contribution is -0.0259. The second-order valence-electron chi connectivity index (χ2n) is 6.71. The smallest absolute Gasteiger partial charge is 0.255 e. The van der Waals surface area contributed by atoms with Crippen molar-refractivity contribution in [2.24, 2.45) is 5.73 Å². The third-order valence-electron chi connectivity index (χ3n) is 4.93. The maximum Gasteiger partial charge on any atom is 0.255 e. The molecule has 1 aromatic rings. The molecule has 2 aliphatic rings. The topological polar surface area (TPSA) is 74.2 Å². The van der Waals surface area contributed by atoms with E-state index in [-0.39, 0.29) is 11.6 Å². The van der Waals surface area contributed by atoms with Crippen LogP contribution in [0.25, 0.3) is 0 Å². The van der Waals surface area contributed by atoms with Gasteiger partial charge in [-0.05, 0) is 32.6 Å². The number of rotatable bonds is 4. The average Bonchev–Trinajstić information content (AvgIpc) is 3.06. The fraction of sp³-hybridized carbons (Fsp3) is 0.875. The van der Waals surface area contributed by atoms with Gasteiger partial charge in [0.05, 0.1) is 11.6 Å². The van der Waals surface area contributed by atoms with Gasteiger partial charge in [-0.1, -0.05) is 43.7 Å². The van der Waals surface area contributed by atoms with Gasteiger partial charge in [0.1, 0.15) is 6.10 Å². The summed E-state index contributed by atoms with van der Waals surface area (Å²) in [7, 11) is 0. The highest BCUT2D eigenvalue weighted by Crippen LogP contribution is 2.35. The van der Waals surface area contributed by atoms with Crippen LogP contribution in [0, 0.1) is 0 Å². The van der Waals surface area contributed by atoms with Crippen molar-refractivity contribution in [3.8, 4) is 0 Å². The lowest BCUT2D eigenvalue weighted by atomic mass is 9.99. The summed E-state index contributed by atoms with van der Waals surface area (Å²) in [5.41, 5.74) is 5.99. The molecule has 0 saturated heterocycles. The molecule has 5 nitrogen and oxygen atoms in total. The van der Waals surface area contributed by atoms with Crippen LogP contribution in [-0.4, -0.2) is 16.2 Å². The minimum Gasteiger partial charge on any atom is -0.365 e. The molecular formula is C16H27N3O2. The highest BCUT2D eigenvalue weighted by molar-refractivity contribution is 5.07. The monoisotopic (exact) mass is 293 g/mol. The van der Waals surface area contributed by atoms with Crippen LogP contribution in [0.5, 0.6) is 0 Å². The van der Waals surface area contributed by atoms with Crippen LogP contribution < -0.4 is 5.73 Å². The zero-order chi connectivity index (χ0) is 14.7. The molecule has 2 aliphatic carbocycles. The van der Waals surface area contributed by atoms with Crippen LogP contribution in [0.2, 0.25) is 0 Å². The first kappa shape index (κ1) is 15.0. The summed E-state index contributed by atoms with van der Waals surface area (Å²) in [6.07, 6.45) is 11.9. The van der Waals surface area contributed by atoms with E-state index in [1.165, 1.54) is 25.7 Å². The number of nitrogens with two attached hydrogens (primary N) is 1. The first-order valence-electron chi connectivity index (χ1n) is 8.46. The Hall–Kier alpha value is -0.940. The lowest BCUT2D eigenvalue weighted by Gasteiger charge is -2.19. The molecular weight excluding hydrogens is 266 g/mol. The second-order valence-corrected chi connectivity index (χ2v) is 6.71. The summed E-state index contributed by atoms with van der Waals surface area (Å²) in [4.78, 5) is 4.53. The second kappa shape index (κ2) is 6.44. The van der Waals surface area contributed by atoms with Gasteiger partial charge in [-0.2, -0.15) is 4.98 Å². The largest absolute Gasteiger partial charge is 0.365 e. The number of aromatic nitrogens is 2. The molecule has 0 aliphatic heterocycles. The molecule has 1 heterocycles. The first-order chi connectivity index (χ1) is 10.2. The van der Waals surface area contributed by atoms with E-state index in [4.69, 9.17) is 15.0 Å². The van der Waals surface area contributed by atoms with Crippen molar-refractivity contribution in [1.82, 2.24) is 10.1 Å². The summed E-state index contributed by atoms with van der Waals surface area (Å²) in [6, 6.07) is 0. The molecule has 2 saturated carbocycles. The molecule has 1 atom stereocenters. The number of ether oxygens (including phenoxy) is 1. The summed E-state index contributed by atoms with van der Waals surface area (Å²) in [5.74, 6) is 1.23. The normalized spacial score (nSPS) is 24.9. The van der Waals surface area contributed by atoms with Gasteiger partial charge in [-0.15, -0.1) is 0 Å². The minimum atomic E-state index is -0.385. The number of nitrogens with zero attached hydrogens (tertiary/aromatic N) is 2. The summed E-state index contributed by atoms with van der Waals surface area (Å²) >= 11 is 0. The standard InChI is InChI=1S/C16H27N3O2/c1-12(20-13-8-4-2-3-5-9-13)14-18-15(19-21-14)16(17)10-6-7-11-16/h12-13H,2-11,17H2,1H3. The minimum absolute atomic E-state index is 0.139. The van der Waals surface area contributed by atoms with Gasteiger partial charge >= 0.3 is 0 Å². The van der Waals surface area contributed by atoms with Crippen molar-refractivity contribution in [3.63, 3.8) is 0 Å². The van der Waals surface area contributed by atoms with Crippen molar-refractivity contribution >= 4 is 0 Å². The summed E-state index contributed by atoms with van der Waals surface area (Å²) in [5, 5.41) is 4.11. The molecule has 21 heavy (non-hydrogen) atoms. The SMILES string of the molecule is CC(OC1CCCCCC1)c1nc(C2(N)CCCC2)no1. The molecule has 2 fully saturated rings. The average molecular weight is 293 g/mol. The first-order valence-corrected chi connectivity index (χ1v) is 8.46. The molecule has 5 heteroatoms. The highest BCUT2D eigenvalue weighted by Gasteiger charge is 2.36. The zero-order valence-electron chi connectivity index (χ0n) is 13.0. The van der Waals surface area contributed by atoms with Crippen LogP contribution >= 0.6 is 0 Å². The Labute approximate surface area is 126 Å².